The molecule has 27 heavy (non-hydrogen) atoms. The summed E-state index contributed by atoms with van der Waals surface area (Å²) in [5, 5.41) is 2.35. The maximum Gasteiger partial charge on any atom is 0.410 e. The van der Waals surface area contributed by atoms with E-state index >= 15 is 0 Å². The van der Waals surface area contributed by atoms with E-state index in [-0.39, 0.29) is 29.9 Å². The van der Waals surface area contributed by atoms with Gasteiger partial charge in [-0.1, -0.05) is 13.8 Å². The summed E-state index contributed by atoms with van der Waals surface area (Å²) in [6.07, 6.45) is -0.169. The molecule has 0 aliphatic heterocycles. The molecule has 0 saturated heterocycles. The summed E-state index contributed by atoms with van der Waals surface area (Å²) in [7, 11) is 3.33. The Morgan fingerprint density at radius 2 is 1.93 bits per heavy atom. The van der Waals surface area contributed by atoms with Crippen molar-refractivity contribution in [3.63, 3.8) is 0 Å². The largest absolute Gasteiger partial charge is 0.461 e. The fourth-order valence-electron chi connectivity index (χ4n) is 2.60. The highest BCUT2D eigenvalue weighted by Crippen LogP contribution is 2.30. The Kier molecular flexibility index (Phi) is 8.68. The number of hydrogen-bond donors (Lipinski definition) is 0. The van der Waals surface area contributed by atoms with Crippen molar-refractivity contribution < 1.29 is 23.8 Å². The standard InChI is InChI=1S/C19H32N2O5S/c1-9-25-17(22)13-11-27-16(20-13)15(24-8)10-14(12(2)3)21(7)18(23)26-19(4,5)6/h11-12,14-15H,9-10H2,1-8H3/t14-,15-/m1/s1. The molecule has 0 aliphatic rings. The summed E-state index contributed by atoms with van der Waals surface area (Å²) in [5.41, 5.74) is -0.280. The lowest BCUT2D eigenvalue weighted by Gasteiger charge is -2.34. The van der Waals surface area contributed by atoms with Crippen LogP contribution in [-0.4, -0.2) is 54.4 Å². The number of ether oxygens (including phenoxy) is 3. The van der Waals surface area contributed by atoms with Crippen molar-refractivity contribution in [3.8, 4) is 0 Å². The molecule has 0 aromatic carbocycles. The molecular weight excluding hydrogens is 368 g/mol. The van der Waals surface area contributed by atoms with E-state index in [9.17, 15) is 9.59 Å². The number of methoxy groups -OCH3 is 1. The average molecular weight is 401 g/mol. The number of esters is 1. The van der Waals surface area contributed by atoms with Crippen LogP contribution >= 0.6 is 11.3 Å². The van der Waals surface area contributed by atoms with Crippen LogP contribution in [0, 0.1) is 5.92 Å². The highest BCUT2D eigenvalue weighted by Gasteiger charge is 2.31. The zero-order valence-electron chi connectivity index (χ0n) is 17.6. The Balaban J connectivity index is 2.93. The Morgan fingerprint density at radius 3 is 2.41 bits per heavy atom. The molecule has 8 heteroatoms. The topological polar surface area (TPSA) is 78.0 Å². The molecule has 2 atom stereocenters. The second-order valence-corrected chi connectivity index (χ2v) is 8.54. The molecule has 0 aliphatic carbocycles. The number of amides is 1. The van der Waals surface area contributed by atoms with Gasteiger partial charge in [0.15, 0.2) is 5.69 Å². The summed E-state index contributed by atoms with van der Waals surface area (Å²) >= 11 is 1.35. The Bertz CT molecular complexity index is 624. The van der Waals surface area contributed by atoms with Crippen LogP contribution in [0.15, 0.2) is 5.38 Å². The summed E-state index contributed by atoms with van der Waals surface area (Å²) in [5.74, 6) is -0.259. The van der Waals surface area contributed by atoms with Gasteiger partial charge in [-0.15, -0.1) is 11.3 Å². The molecule has 0 unspecified atom stereocenters. The average Bonchev–Trinajstić information content (AvgIpc) is 3.03. The van der Waals surface area contributed by atoms with E-state index in [2.05, 4.69) is 4.98 Å². The minimum Gasteiger partial charge on any atom is -0.461 e. The number of aromatic nitrogens is 1. The second-order valence-electron chi connectivity index (χ2n) is 7.65. The minimum atomic E-state index is -0.558. The predicted octanol–water partition coefficient (Wildman–Crippen LogP) is 4.29. The molecule has 0 saturated carbocycles. The van der Waals surface area contributed by atoms with Gasteiger partial charge in [0.1, 0.15) is 16.7 Å². The minimum absolute atomic E-state index is 0.111. The first-order valence-electron chi connectivity index (χ1n) is 9.11. The third-order valence-electron chi connectivity index (χ3n) is 3.97. The van der Waals surface area contributed by atoms with Gasteiger partial charge < -0.3 is 19.1 Å². The van der Waals surface area contributed by atoms with E-state index in [0.717, 1.165) is 0 Å². The Labute approximate surface area is 166 Å². The SMILES string of the molecule is CCOC(=O)c1csc([C@@H](C[C@H](C(C)C)N(C)C(=O)OC(C)(C)C)OC)n1. The van der Waals surface area contributed by atoms with E-state index in [1.165, 1.54) is 11.3 Å². The van der Waals surface area contributed by atoms with E-state index < -0.39 is 11.6 Å². The smallest absolute Gasteiger partial charge is 0.410 e. The van der Waals surface area contributed by atoms with Gasteiger partial charge in [0.05, 0.1) is 6.61 Å². The monoisotopic (exact) mass is 400 g/mol. The van der Waals surface area contributed by atoms with Crippen molar-refractivity contribution in [2.24, 2.45) is 5.92 Å². The molecule has 0 N–H and O–H groups in total. The zero-order chi connectivity index (χ0) is 20.8. The number of rotatable bonds is 8. The number of hydrogen-bond acceptors (Lipinski definition) is 7. The molecule has 154 valence electrons. The van der Waals surface area contributed by atoms with Crippen LogP contribution in [-0.2, 0) is 14.2 Å². The molecular formula is C19H32N2O5S. The van der Waals surface area contributed by atoms with Crippen molar-refractivity contribution in [1.82, 2.24) is 9.88 Å². The quantitative estimate of drug-likeness (QED) is 0.606. The molecule has 0 bridgehead atoms. The van der Waals surface area contributed by atoms with E-state index in [0.29, 0.717) is 18.0 Å². The first kappa shape index (κ1) is 23.4. The highest BCUT2D eigenvalue weighted by molar-refractivity contribution is 7.09. The van der Waals surface area contributed by atoms with Gasteiger partial charge in [-0.05, 0) is 33.6 Å². The van der Waals surface area contributed by atoms with Crippen molar-refractivity contribution in [3.05, 3.63) is 16.1 Å². The van der Waals surface area contributed by atoms with Gasteiger partial charge in [-0.3, -0.25) is 0 Å². The summed E-state index contributed by atoms with van der Waals surface area (Å²) in [6, 6.07) is -0.111. The van der Waals surface area contributed by atoms with Crippen molar-refractivity contribution in [1.29, 1.82) is 0 Å². The maximum atomic E-state index is 12.5. The Hall–Kier alpha value is -1.67. The second kappa shape index (κ2) is 10.0. The van der Waals surface area contributed by atoms with Gasteiger partial charge >= 0.3 is 12.1 Å². The molecule has 0 fully saturated rings. The van der Waals surface area contributed by atoms with Crippen LogP contribution in [0.25, 0.3) is 0 Å². The number of thiazole rings is 1. The van der Waals surface area contributed by atoms with Crippen LogP contribution in [0.2, 0.25) is 0 Å². The van der Waals surface area contributed by atoms with Crippen LogP contribution < -0.4 is 0 Å². The normalized spacial score (nSPS) is 14.0. The van der Waals surface area contributed by atoms with Gasteiger partial charge in [-0.2, -0.15) is 0 Å². The molecule has 1 heterocycles. The van der Waals surface area contributed by atoms with Crippen LogP contribution in [0.4, 0.5) is 4.79 Å². The fraction of sp³-hybridized carbons (Fsp3) is 0.737. The van der Waals surface area contributed by atoms with Crippen molar-refractivity contribution in [2.75, 3.05) is 20.8 Å². The molecule has 1 rings (SSSR count). The number of nitrogens with zero attached hydrogens (tertiary/aromatic N) is 2. The maximum absolute atomic E-state index is 12.5. The predicted molar refractivity (Wildman–Crippen MR) is 105 cm³/mol. The Morgan fingerprint density at radius 1 is 1.30 bits per heavy atom. The summed E-state index contributed by atoms with van der Waals surface area (Å²) < 4.78 is 16.1. The lowest BCUT2D eigenvalue weighted by atomic mass is 9.97. The molecule has 0 spiro atoms. The van der Waals surface area contributed by atoms with E-state index in [1.807, 2.05) is 34.6 Å². The number of carbonyl (C=O) groups excluding carboxylic acids is 2. The third kappa shape index (κ3) is 7.10. The lowest BCUT2D eigenvalue weighted by Crippen LogP contribution is -2.44. The summed E-state index contributed by atoms with van der Waals surface area (Å²) in [6.45, 7) is 11.7. The van der Waals surface area contributed by atoms with Crippen molar-refractivity contribution in [2.45, 2.75) is 65.7 Å². The van der Waals surface area contributed by atoms with E-state index in [4.69, 9.17) is 14.2 Å². The van der Waals surface area contributed by atoms with Crippen molar-refractivity contribution >= 4 is 23.4 Å². The first-order chi connectivity index (χ1) is 12.5. The van der Waals surface area contributed by atoms with Gasteiger partial charge in [0.2, 0.25) is 0 Å². The van der Waals surface area contributed by atoms with Gasteiger partial charge in [0, 0.05) is 32.0 Å². The fourth-order valence-corrected chi connectivity index (χ4v) is 3.47. The first-order valence-corrected chi connectivity index (χ1v) is 9.99. The highest BCUT2D eigenvalue weighted by atomic mass is 32.1. The molecule has 7 nitrogen and oxygen atoms in total. The molecule has 1 aromatic heterocycles. The molecule has 1 amide bonds. The lowest BCUT2D eigenvalue weighted by molar-refractivity contribution is 0.00577. The third-order valence-corrected chi connectivity index (χ3v) is 4.91. The van der Waals surface area contributed by atoms with Crippen LogP contribution in [0.1, 0.15) is 69.6 Å². The number of carbonyl (C=O) groups is 2. The van der Waals surface area contributed by atoms with Gasteiger partial charge in [-0.25, -0.2) is 14.6 Å². The molecule has 0 radical (unpaired) electrons. The van der Waals surface area contributed by atoms with E-state index in [1.54, 1.807) is 31.4 Å². The molecule has 1 aromatic rings. The van der Waals surface area contributed by atoms with Gasteiger partial charge in [0.25, 0.3) is 0 Å². The zero-order valence-corrected chi connectivity index (χ0v) is 18.4. The van der Waals surface area contributed by atoms with Crippen LogP contribution in [0.3, 0.4) is 0 Å². The van der Waals surface area contributed by atoms with Crippen LogP contribution in [0.5, 0.6) is 0 Å². The summed E-state index contributed by atoms with van der Waals surface area (Å²) in [4.78, 5) is 30.3.